The van der Waals surface area contributed by atoms with Gasteiger partial charge in [0.15, 0.2) is 0 Å². The van der Waals surface area contributed by atoms with Gasteiger partial charge in [-0.15, -0.1) is 6.58 Å². The molecule has 338 valence electrons. The van der Waals surface area contributed by atoms with Gasteiger partial charge in [-0.2, -0.15) is 0 Å². The molecule has 2 heterocycles. The quantitative estimate of drug-likeness (QED) is 0.116. The number of benzene rings is 11. The van der Waals surface area contributed by atoms with E-state index in [0.29, 0.717) is 0 Å². The second-order valence-electron chi connectivity index (χ2n) is 18.4. The third-order valence-corrected chi connectivity index (χ3v) is 14.1. The first kappa shape index (κ1) is 43.3. The molecule has 1 aliphatic rings. The molecule has 71 heavy (non-hydrogen) atoms. The van der Waals surface area contributed by atoms with Crippen LogP contribution in [0.25, 0.3) is 132 Å². The molecule has 0 saturated carbocycles. The van der Waals surface area contributed by atoms with Crippen molar-refractivity contribution in [2.24, 2.45) is 0 Å². The Labute approximate surface area is 415 Å². The van der Waals surface area contributed by atoms with Crippen molar-refractivity contribution in [3.63, 3.8) is 0 Å². The van der Waals surface area contributed by atoms with Crippen LogP contribution in [0.4, 0.5) is 0 Å². The van der Waals surface area contributed by atoms with Gasteiger partial charge in [-0.25, -0.2) is 0 Å². The average molecular weight is 909 g/mol. The van der Waals surface area contributed by atoms with Crippen LogP contribution in [0.3, 0.4) is 0 Å². The zero-order valence-electron chi connectivity index (χ0n) is 40.1. The highest BCUT2D eigenvalue weighted by Gasteiger charge is 2.22. The molecule has 0 fully saturated rings. The largest absolute Gasteiger partial charge is 0.309 e. The molecule has 0 bridgehead atoms. The summed E-state index contributed by atoms with van der Waals surface area (Å²) in [5.74, 6) is 0. The number of hydrogen-bond donors (Lipinski definition) is 0. The Hall–Kier alpha value is -8.98. The first-order chi connectivity index (χ1) is 35.1. The third-order valence-electron chi connectivity index (χ3n) is 14.1. The Kier molecular flexibility index (Phi) is 11.1. The van der Waals surface area contributed by atoms with Crippen LogP contribution in [0.15, 0.2) is 256 Å². The highest BCUT2D eigenvalue weighted by Crippen LogP contribution is 2.48. The molecular formula is C69H52N2. The number of hydrogen-bond acceptors (Lipinski definition) is 0. The monoisotopic (exact) mass is 908 g/mol. The number of allylic oxidation sites excluding steroid dienone is 4. The Bertz CT molecular complexity index is 4250. The lowest BCUT2D eigenvalue weighted by molar-refractivity contribution is 1.18. The first-order valence-corrected chi connectivity index (χ1v) is 24.7. The van der Waals surface area contributed by atoms with Gasteiger partial charge in [-0.05, 0) is 145 Å². The van der Waals surface area contributed by atoms with Crippen LogP contribution in [0.1, 0.15) is 20.3 Å². The molecule has 2 nitrogen and oxygen atoms in total. The zero-order valence-corrected chi connectivity index (χ0v) is 40.1. The molecule has 0 N–H and O–H groups in total. The van der Waals surface area contributed by atoms with Gasteiger partial charge in [0.25, 0.3) is 0 Å². The number of nitrogens with zero attached hydrogens (tertiary/aromatic N) is 2. The molecule has 0 saturated heterocycles. The highest BCUT2D eigenvalue weighted by atomic mass is 15.0. The predicted molar refractivity (Wildman–Crippen MR) is 308 cm³/mol. The number of para-hydroxylation sites is 2. The molecule has 1 aliphatic carbocycles. The van der Waals surface area contributed by atoms with Crippen molar-refractivity contribution in [3.8, 4) is 55.9 Å². The van der Waals surface area contributed by atoms with Gasteiger partial charge in [0.2, 0.25) is 0 Å². The Morgan fingerprint density at radius 2 is 0.986 bits per heavy atom. The third kappa shape index (κ3) is 7.35. The molecule has 0 unspecified atom stereocenters. The average Bonchev–Trinajstić information content (AvgIpc) is 4.06. The molecule has 13 aromatic rings. The lowest BCUT2D eigenvalue weighted by Crippen LogP contribution is -1.94. The van der Waals surface area contributed by atoms with Gasteiger partial charge in [0.05, 0.1) is 22.1 Å². The van der Waals surface area contributed by atoms with Crippen molar-refractivity contribution in [2.45, 2.75) is 20.3 Å². The van der Waals surface area contributed by atoms with E-state index in [9.17, 15) is 0 Å². The summed E-state index contributed by atoms with van der Waals surface area (Å²) in [6, 6.07) is 81.1. The molecule has 11 aromatic carbocycles. The van der Waals surface area contributed by atoms with E-state index in [2.05, 4.69) is 254 Å². The maximum absolute atomic E-state index is 3.51. The lowest BCUT2D eigenvalue weighted by Gasteiger charge is -2.12. The van der Waals surface area contributed by atoms with Crippen molar-refractivity contribution in [2.75, 3.05) is 0 Å². The summed E-state index contributed by atoms with van der Waals surface area (Å²) in [6.07, 6.45) is 8.64. The fourth-order valence-corrected chi connectivity index (χ4v) is 11.0. The molecule has 2 aromatic heterocycles. The Balaban J connectivity index is 0.000000532. The van der Waals surface area contributed by atoms with Gasteiger partial charge >= 0.3 is 0 Å². The minimum atomic E-state index is 1.10. The van der Waals surface area contributed by atoms with E-state index in [4.69, 9.17) is 0 Å². The van der Waals surface area contributed by atoms with Gasteiger partial charge in [0, 0.05) is 38.3 Å². The minimum Gasteiger partial charge on any atom is -0.309 e. The molecule has 0 amide bonds. The van der Waals surface area contributed by atoms with Crippen molar-refractivity contribution in [1.29, 1.82) is 0 Å². The van der Waals surface area contributed by atoms with E-state index < -0.39 is 0 Å². The minimum absolute atomic E-state index is 1.10. The molecule has 0 atom stereocenters. The summed E-state index contributed by atoms with van der Waals surface area (Å²) in [5.41, 5.74) is 17.4. The fraction of sp³-hybridized carbons (Fsp3) is 0.0435. The van der Waals surface area contributed by atoms with Crippen LogP contribution in [-0.2, 0) is 0 Å². The zero-order chi connectivity index (χ0) is 48.0. The predicted octanol–water partition coefficient (Wildman–Crippen LogP) is 19.7. The number of aromatic nitrogens is 2. The molecular weight excluding hydrogens is 857 g/mol. The molecule has 0 spiro atoms. The standard InChI is InChI=1S/C60H36N2.C6H10.C3H6/c1-2-13-45(14-3-1)62-58-36-43(25-29-50(58)53-30-23-38-10-4-5-15-47(38)60(53)62)42-26-31-57-55(35-42)49-16-6-7-19-56(49)61(57)46-27-22-37-20-21-40(32-44(37)33-46)41-24-28-48-51-17-8-11-39-12-9-18-52(59(39)51)54(48)34-41;1-3-5-6-4-2;1-3-2/h1-36H;3,5-6H,1,4H2,2H3;3H,1H2,2H3/b;6-5-;. The van der Waals surface area contributed by atoms with Gasteiger partial charge in [-0.1, -0.05) is 196 Å². The molecule has 14 rings (SSSR count). The van der Waals surface area contributed by atoms with Gasteiger partial charge in [-0.3, -0.25) is 0 Å². The van der Waals surface area contributed by atoms with E-state index in [1.807, 2.05) is 13.0 Å². The second kappa shape index (κ2) is 18.2. The van der Waals surface area contributed by atoms with Crippen LogP contribution in [0, 0.1) is 0 Å². The first-order valence-electron chi connectivity index (χ1n) is 24.7. The van der Waals surface area contributed by atoms with Crippen molar-refractivity contribution in [1.82, 2.24) is 9.13 Å². The van der Waals surface area contributed by atoms with Crippen LogP contribution >= 0.6 is 0 Å². The summed E-state index contributed by atoms with van der Waals surface area (Å²) in [5, 5.41) is 12.7. The summed E-state index contributed by atoms with van der Waals surface area (Å²) >= 11 is 0. The van der Waals surface area contributed by atoms with Gasteiger partial charge in [0.1, 0.15) is 0 Å². The van der Waals surface area contributed by atoms with E-state index >= 15 is 0 Å². The molecule has 0 radical (unpaired) electrons. The lowest BCUT2D eigenvalue weighted by atomic mass is 9.96. The number of rotatable bonds is 6. The van der Waals surface area contributed by atoms with E-state index in [0.717, 1.165) is 17.8 Å². The second-order valence-corrected chi connectivity index (χ2v) is 18.4. The Morgan fingerprint density at radius 3 is 1.79 bits per heavy atom. The van der Waals surface area contributed by atoms with Crippen LogP contribution in [0.2, 0.25) is 0 Å². The summed E-state index contributed by atoms with van der Waals surface area (Å²) in [7, 11) is 0. The maximum atomic E-state index is 3.51. The van der Waals surface area contributed by atoms with E-state index in [-0.39, 0.29) is 0 Å². The van der Waals surface area contributed by atoms with Crippen LogP contribution in [-0.4, -0.2) is 9.13 Å². The van der Waals surface area contributed by atoms with E-state index in [1.54, 1.807) is 12.2 Å². The van der Waals surface area contributed by atoms with Gasteiger partial charge < -0.3 is 9.13 Å². The SMILES string of the molecule is C=C/C=C\CC.C=CC.c1ccc(-n2c3cc(-c4ccc5c(c4)c4ccccc4n5-c4ccc5ccc(-c6ccc7c(c6)-c6cccc8cccc-7c68)cc5c4)ccc3c3ccc4ccccc4c32)cc1. The van der Waals surface area contributed by atoms with Crippen molar-refractivity contribution < 1.29 is 0 Å². The summed E-state index contributed by atoms with van der Waals surface area (Å²) in [6.45, 7) is 10.9. The summed E-state index contributed by atoms with van der Waals surface area (Å²) in [4.78, 5) is 0. The number of fused-ring (bicyclic) bond motifs is 12. The summed E-state index contributed by atoms with van der Waals surface area (Å²) < 4.78 is 4.89. The molecule has 0 aliphatic heterocycles. The fourth-order valence-electron chi connectivity index (χ4n) is 11.0. The van der Waals surface area contributed by atoms with Crippen LogP contribution < -0.4 is 0 Å². The van der Waals surface area contributed by atoms with Crippen LogP contribution in [0.5, 0.6) is 0 Å². The Morgan fingerprint density at radius 1 is 0.380 bits per heavy atom. The normalized spacial score (nSPS) is 11.6. The maximum Gasteiger partial charge on any atom is 0.0619 e. The highest BCUT2D eigenvalue weighted by molar-refractivity contribution is 6.20. The molecule has 2 heteroatoms. The van der Waals surface area contributed by atoms with Crippen molar-refractivity contribution in [3.05, 3.63) is 256 Å². The topological polar surface area (TPSA) is 9.86 Å². The van der Waals surface area contributed by atoms with E-state index in [1.165, 1.54) is 120 Å². The smallest absolute Gasteiger partial charge is 0.0619 e. The van der Waals surface area contributed by atoms with Crippen molar-refractivity contribution >= 4 is 75.9 Å².